The van der Waals surface area contributed by atoms with Gasteiger partial charge in [0.25, 0.3) is 5.56 Å². The summed E-state index contributed by atoms with van der Waals surface area (Å²) in [5.41, 5.74) is -0.0846. The van der Waals surface area contributed by atoms with Crippen molar-refractivity contribution in [1.29, 1.82) is 0 Å². The number of aliphatic hydroxyl groups excluding tert-OH is 1. The molecule has 2 heterocycles. The van der Waals surface area contributed by atoms with Crippen molar-refractivity contribution in [1.82, 2.24) is 19.7 Å². The molecule has 2 aromatic heterocycles. The molecule has 0 atom stereocenters. The molecule has 0 saturated carbocycles. The van der Waals surface area contributed by atoms with E-state index in [0.29, 0.717) is 11.0 Å². The number of carboxylic acids is 1. The van der Waals surface area contributed by atoms with Crippen LogP contribution >= 0.6 is 11.8 Å². The van der Waals surface area contributed by atoms with Gasteiger partial charge in [-0.1, -0.05) is 11.8 Å². The number of carbonyl (C=O) groups is 1. The van der Waals surface area contributed by atoms with E-state index in [1.54, 1.807) is 0 Å². The molecule has 2 aromatic rings. The highest BCUT2D eigenvalue weighted by molar-refractivity contribution is 7.99. The first kappa shape index (κ1) is 12.6. The lowest BCUT2D eigenvalue weighted by Crippen LogP contribution is -2.24. The zero-order valence-corrected chi connectivity index (χ0v) is 9.94. The van der Waals surface area contributed by atoms with Crippen LogP contribution in [0.5, 0.6) is 0 Å². The molecule has 0 fully saturated rings. The second kappa shape index (κ2) is 5.19. The van der Waals surface area contributed by atoms with Gasteiger partial charge in [-0.2, -0.15) is 5.10 Å². The van der Waals surface area contributed by atoms with Crippen molar-refractivity contribution >= 4 is 28.8 Å². The third-order valence-corrected chi connectivity index (χ3v) is 2.97. The van der Waals surface area contributed by atoms with Gasteiger partial charge in [0.15, 0.2) is 10.8 Å². The van der Waals surface area contributed by atoms with Gasteiger partial charge in [-0.25, -0.2) is 9.67 Å². The summed E-state index contributed by atoms with van der Waals surface area (Å²) in [7, 11) is 0. The van der Waals surface area contributed by atoms with Crippen LogP contribution in [0.15, 0.2) is 16.1 Å². The van der Waals surface area contributed by atoms with Crippen LogP contribution in [0.3, 0.4) is 0 Å². The summed E-state index contributed by atoms with van der Waals surface area (Å²) in [6, 6.07) is 0. The van der Waals surface area contributed by atoms with E-state index in [1.165, 1.54) is 10.9 Å². The Labute approximate surface area is 105 Å². The quantitative estimate of drug-likeness (QED) is 0.473. The number of nitrogens with one attached hydrogen (secondary N) is 1. The van der Waals surface area contributed by atoms with Crippen molar-refractivity contribution in [3.63, 3.8) is 0 Å². The Hall–Kier alpha value is -1.87. The Morgan fingerprint density at radius 2 is 2.39 bits per heavy atom. The number of carboxylic acid groups (broad SMARTS) is 1. The summed E-state index contributed by atoms with van der Waals surface area (Å²) in [6.45, 7) is 0.0807. The molecule has 0 aliphatic heterocycles. The van der Waals surface area contributed by atoms with Crippen molar-refractivity contribution in [2.45, 2.75) is 11.7 Å². The number of aromatic nitrogens is 4. The molecule has 0 saturated heterocycles. The molecule has 0 spiro atoms. The summed E-state index contributed by atoms with van der Waals surface area (Å²) >= 11 is 0.855. The van der Waals surface area contributed by atoms with E-state index in [2.05, 4.69) is 15.1 Å². The van der Waals surface area contributed by atoms with E-state index in [4.69, 9.17) is 5.11 Å². The van der Waals surface area contributed by atoms with Gasteiger partial charge in [0.2, 0.25) is 0 Å². The zero-order chi connectivity index (χ0) is 13.1. The fourth-order valence-electron chi connectivity index (χ4n) is 1.40. The van der Waals surface area contributed by atoms with Crippen LogP contribution in [0.2, 0.25) is 0 Å². The fraction of sp³-hybridized carbons (Fsp3) is 0.333. The lowest BCUT2D eigenvalue weighted by atomic mass is 10.4. The normalized spacial score (nSPS) is 10.9. The average molecular weight is 269 g/mol. The lowest BCUT2D eigenvalue weighted by Gasteiger charge is -2.03. The predicted molar refractivity (Wildman–Crippen MR) is 61.0 cm³/mol. The second-order valence-corrected chi connectivity index (χ2v) is 4.32. The van der Waals surface area contributed by atoms with Gasteiger partial charge in [-0.05, 0) is 0 Å². The molecule has 0 unspecified atom stereocenters. The summed E-state index contributed by atoms with van der Waals surface area (Å²) in [4.78, 5) is 28.6. The molecule has 0 aliphatic rings. The molecular weight excluding hydrogens is 260 g/mol. The molecule has 2 rings (SSSR count). The average Bonchev–Trinajstić information content (AvgIpc) is 2.71. The van der Waals surface area contributed by atoms with Gasteiger partial charge >= 0.3 is 0 Å². The summed E-state index contributed by atoms with van der Waals surface area (Å²) in [5, 5.41) is 23.6. The molecule has 0 aromatic carbocycles. The maximum Gasteiger partial charge on any atom is 0.262 e. The molecule has 0 bridgehead atoms. The van der Waals surface area contributed by atoms with Crippen molar-refractivity contribution < 1.29 is 15.0 Å². The van der Waals surface area contributed by atoms with E-state index in [-0.39, 0.29) is 24.1 Å². The van der Waals surface area contributed by atoms with Crippen molar-refractivity contribution in [3.8, 4) is 0 Å². The first-order valence-electron chi connectivity index (χ1n) is 5.01. The fourth-order valence-corrected chi connectivity index (χ4v) is 1.97. The maximum absolute atomic E-state index is 11.7. The number of carbonyl (C=O) groups excluding carboxylic acids is 1. The molecule has 18 heavy (non-hydrogen) atoms. The number of aromatic amines is 1. The molecule has 0 amide bonds. The minimum absolute atomic E-state index is 0.132. The third kappa shape index (κ3) is 2.51. The highest BCUT2D eigenvalue weighted by Crippen LogP contribution is 2.13. The van der Waals surface area contributed by atoms with E-state index >= 15 is 0 Å². The number of nitrogens with zero attached hydrogens (tertiary/aromatic N) is 3. The standard InChI is InChI=1S/C9H10N4O4S/c14-2-1-13-7-5(3-10-13)8(17)12-9(11-7)18-4-6(15)16/h3,14H,1-2,4H2,(H,15,16)(H,11,12,17)/p-1. The van der Waals surface area contributed by atoms with E-state index in [9.17, 15) is 14.7 Å². The summed E-state index contributed by atoms with van der Waals surface area (Å²) in [5.74, 6) is -1.55. The first-order chi connectivity index (χ1) is 8.61. The number of rotatable bonds is 5. The molecule has 9 heteroatoms. The van der Waals surface area contributed by atoms with Gasteiger partial charge in [0.05, 0.1) is 25.3 Å². The van der Waals surface area contributed by atoms with Crippen molar-refractivity contribution in [2.24, 2.45) is 0 Å². The van der Waals surface area contributed by atoms with Crippen LogP contribution in [0.25, 0.3) is 11.0 Å². The molecule has 2 N–H and O–H groups in total. The van der Waals surface area contributed by atoms with Gasteiger partial charge in [0.1, 0.15) is 5.39 Å². The number of hydrogen-bond acceptors (Lipinski definition) is 7. The molecule has 8 nitrogen and oxygen atoms in total. The lowest BCUT2D eigenvalue weighted by molar-refractivity contribution is -0.301. The maximum atomic E-state index is 11.7. The van der Waals surface area contributed by atoms with Crippen LogP contribution < -0.4 is 10.7 Å². The van der Waals surface area contributed by atoms with Crippen LogP contribution in [-0.4, -0.2) is 43.2 Å². The third-order valence-electron chi connectivity index (χ3n) is 2.12. The Morgan fingerprint density at radius 3 is 3.06 bits per heavy atom. The molecular formula is C9H9N4O4S-. The van der Waals surface area contributed by atoms with Crippen molar-refractivity contribution in [2.75, 3.05) is 12.4 Å². The predicted octanol–water partition coefficient (Wildman–Crippen LogP) is -2.05. The SMILES string of the molecule is O=C([O-])CSc1nc2c(cnn2CCO)c(=O)[nH]1. The Kier molecular flexibility index (Phi) is 3.63. The number of aliphatic hydroxyl groups is 1. The second-order valence-electron chi connectivity index (χ2n) is 3.36. The minimum atomic E-state index is -1.24. The Morgan fingerprint density at radius 1 is 1.61 bits per heavy atom. The molecule has 96 valence electrons. The highest BCUT2D eigenvalue weighted by Gasteiger charge is 2.09. The summed E-state index contributed by atoms with van der Waals surface area (Å²) in [6.07, 6.45) is 1.35. The highest BCUT2D eigenvalue weighted by atomic mass is 32.2. The largest absolute Gasteiger partial charge is 0.549 e. The van der Waals surface area contributed by atoms with Crippen LogP contribution in [-0.2, 0) is 11.3 Å². The topological polar surface area (TPSA) is 124 Å². The van der Waals surface area contributed by atoms with E-state index in [1.807, 2.05) is 0 Å². The molecule has 0 radical (unpaired) electrons. The first-order valence-corrected chi connectivity index (χ1v) is 5.99. The Balaban J connectivity index is 2.41. The van der Waals surface area contributed by atoms with Gasteiger partial charge < -0.3 is 20.0 Å². The number of aliphatic carboxylic acids is 1. The van der Waals surface area contributed by atoms with Crippen LogP contribution in [0.4, 0.5) is 0 Å². The van der Waals surface area contributed by atoms with Gasteiger partial charge in [-0.15, -0.1) is 0 Å². The number of fused-ring (bicyclic) bond motifs is 1. The van der Waals surface area contributed by atoms with Crippen molar-refractivity contribution in [3.05, 3.63) is 16.6 Å². The number of H-pyrrole nitrogens is 1. The molecule has 0 aliphatic carbocycles. The monoisotopic (exact) mass is 269 g/mol. The van der Waals surface area contributed by atoms with Crippen LogP contribution in [0, 0.1) is 0 Å². The van der Waals surface area contributed by atoms with Gasteiger partial charge in [-0.3, -0.25) is 4.79 Å². The van der Waals surface area contributed by atoms with Gasteiger partial charge in [0, 0.05) is 5.75 Å². The number of hydrogen-bond donors (Lipinski definition) is 2. The van der Waals surface area contributed by atoms with E-state index in [0.717, 1.165) is 11.8 Å². The smallest absolute Gasteiger partial charge is 0.262 e. The minimum Gasteiger partial charge on any atom is -0.549 e. The van der Waals surface area contributed by atoms with Crippen LogP contribution in [0.1, 0.15) is 0 Å². The summed E-state index contributed by atoms with van der Waals surface area (Å²) < 4.78 is 1.38. The zero-order valence-electron chi connectivity index (χ0n) is 9.12. The number of thioether (sulfide) groups is 1. The van der Waals surface area contributed by atoms with E-state index < -0.39 is 11.5 Å². The Bertz CT molecular complexity index is 635.